The number of thiazole rings is 1. The van der Waals surface area contributed by atoms with Crippen LogP contribution in [0.1, 0.15) is 16.1 Å². The first-order valence-corrected chi connectivity index (χ1v) is 9.06. The number of carbonyl (C=O) groups is 1. The van der Waals surface area contributed by atoms with E-state index in [9.17, 15) is 4.79 Å². The fourth-order valence-electron chi connectivity index (χ4n) is 2.63. The largest absolute Gasteiger partial charge is 0.475 e. The Hall–Kier alpha value is -3.45. The number of fused-ring (bicyclic) bond motifs is 1. The van der Waals surface area contributed by atoms with Crippen molar-refractivity contribution in [3.63, 3.8) is 0 Å². The van der Waals surface area contributed by atoms with Gasteiger partial charge in [0.25, 0.3) is 0 Å². The Morgan fingerprint density at radius 3 is 2.89 bits per heavy atom. The van der Waals surface area contributed by atoms with Crippen molar-refractivity contribution in [1.29, 1.82) is 0 Å². The fraction of sp³-hybridized carbons (Fsp3) is 0.0500. The quantitative estimate of drug-likeness (QED) is 0.369. The summed E-state index contributed by atoms with van der Waals surface area (Å²) < 4.78 is 6.46. The standard InChI is InChI=1S/C20H15N3O3S/c24-19(25)17-9-8-16(26-17)14-5-3-4-13(12-14)10-11-21-23-20-22-15-6-1-2-7-18(15)27-20/h1-9,11-12H,10H2,(H,22,23)(H,24,25). The van der Waals surface area contributed by atoms with Crippen LogP contribution in [0.25, 0.3) is 21.5 Å². The first kappa shape index (κ1) is 17.0. The molecular formula is C20H15N3O3S. The molecule has 134 valence electrons. The molecule has 0 saturated carbocycles. The van der Waals surface area contributed by atoms with Gasteiger partial charge < -0.3 is 9.52 Å². The Bertz CT molecular complexity index is 1100. The zero-order valence-electron chi connectivity index (χ0n) is 14.1. The summed E-state index contributed by atoms with van der Waals surface area (Å²) in [6.45, 7) is 0. The Balaban J connectivity index is 1.41. The number of rotatable bonds is 6. The Morgan fingerprint density at radius 1 is 1.19 bits per heavy atom. The predicted molar refractivity (Wildman–Crippen MR) is 107 cm³/mol. The molecule has 2 aromatic carbocycles. The first-order valence-electron chi connectivity index (χ1n) is 8.24. The predicted octanol–water partition coefficient (Wildman–Crippen LogP) is 4.89. The maximum Gasteiger partial charge on any atom is 0.371 e. The average molecular weight is 377 g/mol. The van der Waals surface area contributed by atoms with Gasteiger partial charge in [-0.3, -0.25) is 5.43 Å². The summed E-state index contributed by atoms with van der Waals surface area (Å²) in [7, 11) is 0. The lowest BCUT2D eigenvalue weighted by atomic mass is 10.1. The maximum atomic E-state index is 10.9. The summed E-state index contributed by atoms with van der Waals surface area (Å²) in [6.07, 6.45) is 2.40. The third-order valence-corrected chi connectivity index (χ3v) is 4.84. The molecule has 6 nitrogen and oxygen atoms in total. The number of nitrogens with one attached hydrogen (secondary N) is 1. The minimum absolute atomic E-state index is 0.0722. The second-order valence-electron chi connectivity index (χ2n) is 5.78. The minimum atomic E-state index is -1.08. The highest BCUT2D eigenvalue weighted by Gasteiger charge is 2.10. The van der Waals surface area contributed by atoms with Gasteiger partial charge in [-0.1, -0.05) is 41.7 Å². The van der Waals surface area contributed by atoms with E-state index < -0.39 is 5.97 Å². The van der Waals surface area contributed by atoms with Gasteiger partial charge in [0.15, 0.2) is 0 Å². The average Bonchev–Trinajstić information content (AvgIpc) is 3.32. The van der Waals surface area contributed by atoms with Gasteiger partial charge >= 0.3 is 5.97 Å². The monoisotopic (exact) mass is 377 g/mol. The summed E-state index contributed by atoms with van der Waals surface area (Å²) in [4.78, 5) is 15.4. The van der Waals surface area contributed by atoms with Crippen molar-refractivity contribution in [2.24, 2.45) is 5.10 Å². The minimum Gasteiger partial charge on any atom is -0.475 e. The second kappa shape index (κ2) is 7.43. The van der Waals surface area contributed by atoms with E-state index in [1.807, 2.05) is 48.5 Å². The Kier molecular flexibility index (Phi) is 4.67. The molecule has 0 aliphatic rings. The molecule has 0 radical (unpaired) electrons. The molecule has 2 N–H and O–H groups in total. The zero-order valence-corrected chi connectivity index (χ0v) is 14.9. The van der Waals surface area contributed by atoms with E-state index in [0.29, 0.717) is 12.2 Å². The Morgan fingerprint density at radius 2 is 2.07 bits per heavy atom. The maximum absolute atomic E-state index is 10.9. The van der Waals surface area contributed by atoms with E-state index in [4.69, 9.17) is 9.52 Å². The third kappa shape index (κ3) is 3.88. The zero-order chi connectivity index (χ0) is 18.6. The highest BCUT2D eigenvalue weighted by atomic mass is 32.1. The molecule has 7 heteroatoms. The molecule has 2 aromatic heterocycles. The van der Waals surface area contributed by atoms with Gasteiger partial charge in [-0.05, 0) is 35.9 Å². The van der Waals surface area contributed by atoms with E-state index in [-0.39, 0.29) is 5.76 Å². The number of para-hydroxylation sites is 1. The number of carboxylic acids is 1. The van der Waals surface area contributed by atoms with E-state index in [1.54, 1.807) is 23.6 Å². The van der Waals surface area contributed by atoms with Gasteiger partial charge in [-0.2, -0.15) is 5.10 Å². The summed E-state index contributed by atoms with van der Waals surface area (Å²) in [5, 5.41) is 13.9. The normalized spacial score (nSPS) is 11.3. The van der Waals surface area contributed by atoms with Gasteiger partial charge in [0.05, 0.1) is 10.2 Å². The lowest BCUT2D eigenvalue weighted by Crippen LogP contribution is -1.92. The SMILES string of the molecule is O=C(O)c1ccc(-c2cccc(CC=NNc3nc4ccccc4s3)c2)o1. The van der Waals surface area contributed by atoms with Crippen molar-refractivity contribution in [3.05, 3.63) is 72.0 Å². The first-order chi connectivity index (χ1) is 13.2. The van der Waals surface area contributed by atoms with Crippen LogP contribution in [0, 0.1) is 0 Å². The molecule has 0 unspecified atom stereocenters. The molecule has 0 aliphatic carbocycles. The number of carboxylic acid groups (broad SMARTS) is 1. The van der Waals surface area contributed by atoms with Crippen molar-refractivity contribution in [3.8, 4) is 11.3 Å². The topological polar surface area (TPSA) is 87.7 Å². The number of anilines is 1. The van der Waals surface area contributed by atoms with Crippen LogP contribution in [-0.4, -0.2) is 22.3 Å². The van der Waals surface area contributed by atoms with Crippen molar-refractivity contribution >= 4 is 38.9 Å². The van der Waals surface area contributed by atoms with E-state index in [2.05, 4.69) is 15.5 Å². The number of furan rings is 1. The van der Waals surface area contributed by atoms with Crippen molar-refractivity contribution in [2.75, 3.05) is 5.43 Å². The van der Waals surface area contributed by atoms with Crippen LogP contribution in [0.3, 0.4) is 0 Å². The molecule has 0 saturated heterocycles. The molecule has 2 heterocycles. The highest BCUT2D eigenvalue weighted by molar-refractivity contribution is 7.22. The summed E-state index contributed by atoms with van der Waals surface area (Å²) in [6, 6.07) is 18.8. The smallest absolute Gasteiger partial charge is 0.371 e. The molecule has 0 amide bonds. The number of hydrogen-bond acceptors (Lipinski definition) is 6. The number of aromatic carboxylic acids is 1. The molecule has 27 heavy (non-hydrogen) atoms. The molecule has 4 rings (SSSR count). The Labute approximate surface area is 158 Å². The summed E-state index contributed by atoms with van der Waals surface area (Å²) in [5.74, 6) is -0.624. The number of aromatic nitrogens is 1. The molecule has 0 spiro atoms. The van der Waals surface area contributed by atoms with Crippen molar-refractivity contribution < 1.29 is 14.3 Å². The van der Waals surface area contributed by atoms with Crippen LogP contribution >= 0.6 is 11.3 Å². The van der Waals surface area contributed by atoms with Crippen LogP contribution < -0.4 is 5.43 Å². The van der Waals surface area contributed by atoms with Crippen LogP contribution in [0.2, 0.25) is 0 Å². The third-order valence-electron chi connectivity index (χ3n) is 3.90. The van der Waals surface area contributed by atoms with Gasteiger partial charge in [0.2, 0.25) is 10.9 Å². The van der Waals surface area contributed by atoms with Crippen LogP contribution in [0.5, 0.6) is 0 Å². The number of benzene rings is 2. The van der Waals surface area contributed by atoms with E-state index in [1.165, 1.54) is 6.07 Å². The summed E-state index contributed by atoms with van der Waals surface area (Å²) in [5.41, 5.74) is 5.77. The number of hydrazone groups is 1. The highest BCUT2D eigenvalue weighted by Crippen LogP contribution is 2.25. The molecule has 4 aromatic rings. The van der Waals surface area contributed by atoms with Crippen molar-refractivity contribution in [2.45, 2.75) is 6.42 Å². The molecular weight excluding hydrogens is 362 g/mol. The second-order valence-corrected chi connectivity index (χ2v) is 6.81. The molecule has 0 bridgehead atoms. The summed E-state index contributed by atoms with van der Waals surface area (Å²) >= 11 is 1.55. The lowest BCUT2D eigenvalue weighted by Gasteiger charge is -2.01. The van der Waals surface area contributed by atoms with Gasteiger partial charge in [0.1, 0.15) is 5.76 Å². The molecule has 0 aliphatic heterocycles. The number of hydrogen-bond donors (Lipinski definition) is 2. The van der Waals surface area contributed by atoms with Gasteiger partial charge in [0, 0.05) is 18.2 Å². The number of nitrogens with zero attached hydrogens (tertiary/aromatic N) is 2. The lowest BCUT2D eigenvalue weighted by molar-refractivity contribution is 0.0663. The fourth-order valence-corrected chi connectivity index (χ4v) is 3.45. The van der Waals surface area contributed by atoms with Crippen LogP contribution in [0.15, 0.2) is 70.2 Å². The van der Waals surface area contributed by atoms with Crippen LogP contribution in [0.4, 0.5) is 5.13 Å². The molecule has 0 atom stereocenters. The molecule has 0 fully saturated rings. The van der Waals surface area contributed by atoms with Crippen molar-refractivity contribution in [1.82, 2.24) is 4.98 Å². The van der Waals surface area contributed by atoms with Gasteiger partial charge in [-0.15, -0.1) is 0 Å². The van der Waals surface area contributed by atoms with Gasteiger partial charge in [-0.25, -0.2) is 9.78 Å². The van der Waals surface area contributed by atoms with E-state index in [0.717, 1.165) is 26.5 Å². The van der Waals surface area contributed by atoms with Crippen LogP contribution in [-0.2, 0) is 6.42 Å². The van der Waals surface area contributed by atoms with E-state index >= 15 is 0 Å².